The maximum absolute atomic E-state index is 13.7. The van der Waals surface area contributed by atoms with Crippen LogP contribution in [0.25, 0.3) is 0 Å². The van der Waals surface area contributed by atoms with E-state index in [1.807, 2.05) is 26.0 Å². The molecule has 1 fully saturated rings. The number of hydrogen-bond donors (Lipinski definition) is 3. The predicted molar refractivity (Wildman–Crippen MR) is 126 cm³/mol. The minimum atomic E-state index is -3.15. The second-order valence-electron chi connectivity index (χ2n) is 9.47. The van der Waals surface area contributed by atoms with Crippen LogP contribution in [-0.4, -0.2) is 63.2 Å². The summed E-state index contributed by atoms with van der Waals surface area (Å²) in [7, 11) is 0. The number of carbonyl (C=O) groups excluding carboxylic acids is 2. The number of hydrogen-bond acceptors (Lipinski definition) is 6. The van der Waals surface area contributed by atoms with Crippen molar-refractivity contribution in [3.63, 3.8) is 0 Å². The number of benzene rings is 1. The van der Waals surface area contributed by atoms with Gasteiger partial charge in [0.25, 0.3) is 0 Å². The molecule has 9 nitrogen and oxygen atoms in total. The Morgan fingerprint density at radius 1 is 1.19 bits per heavy atom. The number of carbonyl (C=O) groups is 3. The van der Waals surface area contributed by atoms with Crippen molar-refractivity contribution in [1.29, 1.82) is 0 Å². The molecule has 0 bridgehead atoms. The van der Waals surface area contributed by atoms with Gasteiger partial charge in [0, 0.05) is 18.8 Å². The second-order valence-corrected chi connectivity index (χ2v) is 9.47. The summed E-state index contributed by atoms with van der Waals surface area (Å²) < 4.78 is 30.4. The minimum Gasteiger partial charge on any atom is -0.479 e. The van der Waals surface area contributed by atoms with Crippen molar-refractivity contribution in [3.05, 3.63) is 53.2 Å². The van der Waals surface area contributed by atoms with E-state index in [0.717, 1.165) is 12.5 Å². The Kier molecular flexibility index (Phi) is 7.63. The van der Waals surface area contributed by atoms with Crippen LogP contribution in [0.5, 0.6) is 5.88 Å². The Bertz CT molecular complexity index is 1160. The van der Waals surface area contributed by atoms with Crippen molar-refractivity contribution in [2.75, 3.05) is 18.4 Å². The van der Waals surface area contributed by atoms with E-state index in [9.17, 15) is 28.3 Å². The van der Waals surface area contributed by atoms with Gasteiger partial charge in [-0.25, -0.2) is 9.78 Å². The summed E-state index contributed by atoms with van der Waals surface area (Å²) in [6, 6.07) is 10.2. The van der Waals surface area contributed by atoms with E-state index >= 15 is 0 Å². The number of carboxylic acid groups (broad SMARTS) is 1. The van der Waals surface area contributed by atoms with Gasteiger partial charge in [0.1, 0.15) is 11.1 Å². The molecular weight excluding hydrogens is 476 g/mol. The highest BCUT2D eigenvalue weighted by atomic mass is 19.3. The highest BCUT2D eigenvalue weighted by Crippen LogP contribution is 2.41. The third-order valence-corrected chi connectivity index (χ3v) is 6.21. The van der Waals surface area contributed by atoms with E-state index in [-0.39, 0.29) is 24.7 Å². The highest BCUT2D eigenvalue weighted by Gasteiger charge is 2.54. The lowest BCUT2D eigenvalue weighted by molar-refractivity contribution is -0.164. The zero-order valence-electron chi connectivity index (χ0n) is 20.4. The molecule has 1 atom stereocenters. The molecule has 1 aromatic heterocycles. The number of aliphatic hydroxyl groups is 1. The number of ether oxygens (including phenoxy) is 1. The molecule has 1 aliphatic rings. The smallest absolute Gasteiger partial charge is 0.388 e. The molecule has 3 rings (SSSR count). The number of aryl methyl sites for hydroxylation is 1. The molecule has 2 aromatic rings. The molecule has 1 saturated heterocycles. The van der Waals surface area contributed by atoms with Gasteiger partial charge in [0.15, 0.2) is 5.60 Å². The first-order chi connectivity index (χ1) is 16.8. The van der Waals surface area contributed by atoms with Gasteiger partial charge < -0.3 is 25.2 Å². The van der Waals surface area contributed by atoms with Gasteiger partial charge in [-0.3, -0.25) is 9.59 Å². The lowest BCUT2D eigenvalue weighted by Crippen LogP contribution is -2.67. The predicted octanol–water partition coefficient (Wildman–Crippen LogP) is 3.06. The van der Waals surface area contributed by atoms with E-state index in [1.165, 1.54) is 17.0 Å². The average Bonchev–Trinajstić information content (AvgIpc) is 2.74. The first-order valence-electron chi connectivity index (χ1n) is 11.3. The SMILES string of the molecule is Cc1ccc(NC(=O)C2(c3ccccc3C(C)C)CN(C(=O)CC(C)(O)C(=O)O)C2)c(OC(F)F)n1. The van der Waals surface area contributed by atoms with Gasteiger partial charge in [-0.15, -0.1) is 0 Å². The molecule has 36 heavy (non-hydrogen) atoms. The largest absolute Gasteiger partial charge is 0.479 e. The van der Waals surface area contributed by atoms with Gasteiger partial charge in [0.05, 0.1) is 6.42 Å². The number of nitrogens with zero attached hydrogens (tertiary/aromatic N) is 2. The molecule has 0 saturated carbocycles. The quantitative estimate of drug-likeness (QED) is 0.478. The summed E-state index contributed by atoms with van der Waals surface area (Å²) in [4.78, 5) is 42.9. The molecule has 1 unspecified atom stereocenters. The number of nitrogens with one attached hydrogen (secondary N) is 1. The first-order valence-corrected chi connectivity index (χ1v) is 11.3. The lowest BCUT2D eigenvalue weighted by atomic mass is 9.69. The highest BCUT2D eigenvalue weighted by molar-refractivity contribution is 6.03. The summed E-state index contributed by atoms with van der Waals surface area (Å²) in [5.41, 5.74) is -1.63. The van der Waals surface area contributed by atoms with E-state index in [2.05, 4.69) is 15.0 Å². The summed E-state index contributed by atoms with van der Waals surface area (Å²) in [6.07, 6.45) is -0.667. The molecular formula is C25H29F2N3O6. The van der Waals surface area contributed by atoms with Crippen LogP contribution in [0.15, 0.2) is 36.4 Å². The van der Waals surface area contributed by atoms with Crippen molar-refractivity contribution in [2.24, 2.45) is 0 Å². The Hall–Kier alpha value is -3.60. The van der Waals surface area contributed by atoms with Crippen molar-refractivity contribution in [2.45, 2.75) is 57.7 Å². The molecule has 0 radical (unpaired) electrons. The number of amides is 2. The number of carboxylic acids is 1. The summed E-state index contributed by atoms with van der Waals surface area (Å²) >= 11 is 0. The Morgan fingerprint density at radius 2 is 1.83 bits per heavy atom. The van der Waals surface area contributed by atoms with E-state index < -0.39 is 47.7 Å². The van der Waals surface area contributed by atoms with Crippen molar-refractivity contribution in [1.82, 2.24) is 9.88 Å². The lowest BCUT2D eigenvalue weighted by Gasteiger charge is -2.50. The van der Waals surface area contributed by atoms with Crippen LogP contribution in [-0.2, 0) is 19.8 Å². The van der Waals surface area contributed by atoms with Gasteiger partial charge in [-0.1, -0.05) is 38.1 Å². The fourth-order valence-corrected chi connectivity index (χ4v) is 4.18. The van der Waals surface area contributed by atoms with Crippen LogP contribution >= 0.6 is 0 Å². The molecule has 194 valence electrons. The van der Waals surface area contributed by atoms with Crippen molar-refractivity contribution < 1.29 is 38.1 Å². The number of likely N-dealkylation sites (tertiary alicyclic amines) is 1. The van der Waals surface area contributed by atoms with E-state index in [0.29, 0.717) is 11.3 Å². The van der Waals surface area contributed by atoms with E-state index in [4.69, 9.17) is 5.11 Å². The molecule has 1 aliphatic heterocycles. The maximum atomic E-state index is 13.7. The fraction of sp³-hybridized carbons (Fsp3) is 0.440. The Balaban J connectivity index is 1.96. The third kappa shape index (κ3) is 5.46. The Morgan fingerprint density at radius 3 is 2.42 bits per heavy atom. The molecule has 11 heteroatoms. The minimum absolute atomic E-state index is 0.0298. The summed E-state index contributed by atoms with van der Waals surface area (Å²) in [5.74, 6) is -3.14. The molecule has 1 aromatic carbocycles. The van der Waals surface area contributed by atoms with Crippen LogP contribution in [0.2, 0.25) is 0 Å². The van der Waals surface area contributed by atoms with Gasteiger partial charge in [-0.2, -0.15) is 8.78 Å². The fourth-order valence-electron chi connectivity index (χ4n) is 4.18. The zero-order chi connectivity index (χ0) is 26.8. The monoisotopic (exact) mass is 505 g/mol. The van der Waals surface area contributed by atoms with Crippen LogP contribution in [0.1, 0.15) is 49.9 Å². The van der Waals surface area contributed by atoms with Crippen LogP contribution in [0.3, 0.4) is 0 Å². The third-order valence-electron chi connectivity index (χ3n) is 6.21. The summed E-state index contributed by atoms with van der Waals surface area (Å²) in [5, 5.41) is 21.8. The topological polar surface area (TPSA) is 129 Å². The molecule has 2 heterocycles. The van der Waals surface area contributed by atoms with Crippen molar-refractivity contribution in [3.8, 4) is 5.88 Å². The van der Waals surface area contributed by atoms with Crippen LogP contribution in [0.4, 0.5) is 14.5 Å². The van der Waals surface area contributed by atoms with Gasteiger partial charge in [0.2, 0.25) is 17.7 Å². The standard InChI is InChI=1S/C25H29F2N3O6/c1-14(2)16-7-5-6-8-17(16)25(12-30(13-25)19(31)11-24(4,35)22(33)34)21(32)29-18-10-9-15(3)28-20(18)36-23(26)27/h5-10,14,23,35H,11-13H2,1-4H3,(H,29,32)(H,33,34). The molecule has 2 amide bonds. The number of alkyl halides is 2. The number of aliphatic carboxylic acids is 1. The first kappa shape index (κ1) is 27.0. The Labute approximate surface area is 207 Å². The number of aromatic nitrogens is 1. The van der Waals surface area contributed by atoms with Crippen LogP contribution < -0.4 is 10.1 Å². The molecule has 0 aliphatic carbocycles. The molecule has 0 spiro atoms. The van der Waals surface area contributed by atoms with Crippen LogP contribution in [0, 0.1) is 6.92 Å². The van der Waals surface area contributed by atoms with Gasteiger partial charge >= 0.3 is 12.6 Å². The normalized spacial score (nSPS) is 16.3. The number of pyridine rings is 1. The number of anilines is 1. The molecule has 3 N–H and O–H groups in total. The zero-order valence-corrected chi connectivity index (χ0v) is 20.4. The maximum Gasteiger partial charge on any atom is 0.388 e. The van der Waals surface area contributed by atoms with Gasteiger partial charge in [-0.05, 0) is 43.0 Å². The summed E-state index contributed by atoms with van der Waals surface area (Å²) in [6.45, 7) is 3.18. The van der Waals surface area contributed by atoms with Crippen molar-refractivity contribution >= 4 is 23.5 Å². The average molecular weight is 506 g/mol. The number of rotatable bonds is 9. The van der Waals surface area contributed by atoms with E-state index in [1.54, 1.807) is 19.1 Å². The number of halogens is 2. The second kappa shape index (κ2) is 10.2.